The minimum Gasteiger partial charge on any atom is -0.497 e. The number of rotatable bonds is 6. The third kappa shape index (κ3) is 4.33. The van der Waals surface area contributed by atoms with Gasteiger partial charge in [-0.1, -0.05) is 36.4 Å². The summed E-state index contributed by atoms with van der Waals surface area (Å²) in [5.74, 6) is 0.120. The number of hydrogen-bond donors (Lipinski definition) is 1. The van der Waals surface area contributed by atoms with E-state index in [0.717, 1.165) is 5.56 Å². The number of methoxy groups -OCH3 is 1. The highest BCUT2D eigenvalue weighted by Gasteiger charge is 2.41. The Labute approximate surface area is 181 Å². The van der Waals surface area contributed by atoms with Gasteiger partial charge in [0.1, 0.15) is 5.75 Å². The molecule has 1 aliphatic heterocycles. The predicted octanol–water partition coefficient (Wildman–Crippen LogP) is 2.02. The molecule has 1 saturated heterocycles. The van der Waals surface area contributed by atoms with Gasteiger partial charge in [-0.15, -0.1) is 0 Å². The minimum absolute atomic E-state index is 0.00147. The molecule has 2 aromatic carbocycles. The maximum atomic E-state index is 13.1. The number of aryl methyl sites for hydroxylation is 1. The SMILES string of the molecule is COc1cccc(C(=O)N[C@@H]2CN(S(=O)(=O)c3cn(C)cn3)C[C@H]2c2ccccc2)c1. The van der Waals surface area contributed by atoms with Crippen LogP contribution in [0.15, 0.2) is 72.1 Å². The van der Waals surface area contributed by atoms with Crippen molar-refractivity contribution in [3.05, 3.63) is 78.2 Å². The number of aromatic nitrogens is 2. The van der Waals surface area contributed by atoms with Gasteiger partial charge in [-0.3, -0.25) is 4.79 Å². The highest BCUT2D eigenvalue weighted by Crippen LogP contribution is 2.31. The number of benzene rings is 2. The lowest BCUT2D eigenvalue weighted by Crippen LogP contribution is -2.40. The van der Waals surface area contributed by atoms with Crippen LogP contribution in [0.4, 0.5) is 0 Å². The molecule has 1 amide bonds. The van der Waals surface area contributed by atoms with Crippen LogP contribution in [0, 0.1) is 0 Å². The Balaban J connectivity index is 1.61. The van der Waals surface area contributed by atoms with E-state index in [1.807, 2.05) is 30.3 Å². The Morgan fingerprint density at radius 2 is 1.90 bits per heavy atom. The maximum absolute atomic E-state index is 13.1. The topological polar surface area (TPSA) is 93.5 Å². The maximum Gasteiger partial charge on any atom is 0.262 e. The van der Waals surface area contributed by atoms with Crippen molar-refractivity contribution in [1.82, 2.24) is 19.2 Å². The number of nitrogens with one attached hydrogen (secondary N) is 1. The van der Waals surface area contributed by atoms with Gasteiger partial charge in [0.2, 0.25) is 0 Å². The lowest BCUT2D eigenvalue weighted by Gasteiger charge is -2.20. The van der Waals surface area contributed by atoms with Gasteiger partial charge in [0.15, 0.2) is 5.03 Å². The quantitative estimate of drug-likeness (QED) is 0.633. The summed E-state index contributed by atoms with van der Waals surface area (Å²) < 4.78 is 34.5. The lowest BCUT2D eigenvalue weighted by atomic mass is 9.94. The molecule has 1 fully saturated rings. The largest absolute Gasteiger partial charge is 0.497 e. The summed E-state index contributed by atoms with van der Waals surface area (Å²) in [4.78, 5) is 16.9. The van der Waals surface area contributed by atoms with E-state index >= 15 is 0 Å². The molecule has 1 aromatic heterocycles. The van der Waals surface area contributed by atoms with E-state index in [-0.39, 0.29) is 36.0 Å². The number of hydrogen-bond acceptors (Lipinski definition) is 5. The van der Waals surface area contributed by atoms with Crippen molar-refractivity contribution in [2.24, 2.45) is 7.05 Å². The molecule has 0 saturated carbocycles. The number of carbonyl (C=O) groups is 1. The summed E-state index contributed by atoms with van der Waals surface area (Å²) in [6, 6.07) is 16.1. The lowest BCUT2D eigenvalue weighted by molar-refractivity contribution is 0.0935. The van der Waals surface area contributed by atoms with Crippen molar-refractivity contribution in [3.63, 3.8) is 0 Å². The smallest absolute Gasteiger partial charge is 0.262 e. The van der Waals surface area contributed by atoms with Crippen molar-refractivity contribution in [3.8, 4) is 5.75 Å². The molecule has 9 heteroatoms. The summed E-state index contributed by atoms with van der Waals surface area (Å²) in [5, 5.41) is 3.03. The molecular weight excluding hydrogens is 416 g/mol. The second-order valence-electron chi connectivity index (χ2n) is 7.53. The van der Waals surface area contributed by atoms with Crippen LogP contribution >= 0.6 is 0 Å². The van der Waals surface area contributed by atoms with Gasteiger partial charge in [0.05, 0.1) is 19.5 Å². The van der Waals surface area contributed by atoms with Gasteiger partial charge in [-0.2, -0.15) is 4.31 Å². The molecule has 0 aliphatic carbocycles. The summed E-state index contributed by atoms with van der Waals surface area (Å²) in [5.41, 5.74) is 1.43. The number of sulfonamides is 1. The highest BCUT2D eigenvalue weighted by molar-refractivity contribution is 7.89. The molecule has 2 heterocycles. The molecule has 1 N–H and O–H groups in total. The van der Waals surface area contributed by atoms with E-state index in [1.54, 1.807) is 43.0 Å². The molecule has 1 aliphatic rings. The van der Waals surface area contributed by atoms with Crippen LogP contribution in [0.3, 0.4) is 0 Å². The number of ether oxygens (including phenoxy) is 1. The molecule has 162 valence electrons. The van der Waals surface area contributed by atoms with Crippen LogP contribution < -0.4 is 10.1 Å². The molecule has 0 bridgehead atoms. The van der Waals surface area contributed by atoms with Crippen LogP contribution in [0.25, 0.3) is 0 Å². The van der Waals surface area contributed by atoms with Crippen molar-refractivity contribution in [1.29, 1.82) is 0 Å². The first-order valence-electron chi connectivity index (χ1n) is 9.86. The number of imidazole rings is 1. The van der Waals surface area contributed by atoms with Gasteiger partial charge in [0.25, 0.3) is 15.9 Å². The first-order valence-corrected chi connectivity index (χ1v) is 11.3. The van der Waals surface area contributed by atoms with E-state index in [4.69, 9.17) is 4.74 Å². The number of amides is 1. The molecule has 4 rings (SSSR count). The fourth-order valence-electron chi connectivity index (χ4n) is 3.82. The molecule has 31 heavy (non-hydrogen) atoms. The van der Waals surface area contributed by atoms with Gasteiger partial charge in [-0.25, -0.2) is 13.4 Å². The zero-order valence-corrected chi connectivity index (χ0v) is 18.1. The molecule has 3 aromatic rings. The van der Waals surface area contributed by atoms with Crippen LogP contribution in [0.2, 0.25) is 0 Å². The molecule has 0 spiro atoms. The first-order chi connectivity index (χ1) is 14.9. The Morgan fingerprint density at radius 3 is 2.58 bits per heavy atom. The van der Waals surface area contributed by atoms with E-state index in [1.165, 1.54) is 16.8 Å². The summed E-state index contributed by atoms with van der Waals surface area (Å²) >= 11 is 0. The third-order valence-electron chi connectivity index (χ3n) is 5.45. The van der Waals surface area contributed by atoms with Gasteiger partial charge in [0, 0.05) is 37.8 Å². The third-order valence-corrected chi connectivity index (χ3v) is 7.17. The Morgan fingerprint density at radius 1 is 1.13 bits per heavy atom. The fraction of sp³-hybridized carbons (Fsp3) is 0.273. The van der Waals surface area contributed by atoms with Crippen LogP contribution in [0.1, 0.15) is 21.8 Å². The monoisotopic (exact) mass is 440 g/mol. The standard InChI is InChI=1S/C22H24N4O4S/c1-25-14-21(23-15-25)31(28,29)26-12-19(16-7-4-3-5-8-16)20(13-26)24-22(27)17-9-6-10-18(11-17)30-2/h3-11,14-15,19-20H,12-13H2,1-2H3,(H,24,27)/t19-,20+/m0/s1. The molecule has 8 nitrogen and oxygen atoms in total. The molecule has 0 unspecified atom stereocenters. The van der Waals surface area contributed by atoms with Crippen molar-refractivity contribution < 1.29 is 17.9 Å². The Kier molecular flexibility index (Phi) is 5.79. The second-order valence-corrected chi connectivity index (χ2v) is 9.41. The minimum atomic E-state index is -3.77. The highest BCUT2D eigenvalue weighted by atomic mass is 32.2. The zero-order valence-electron chi connectivity index (χ0n) is 17.3. The number of nitrogens with zero attached hydrogens (tertiary/aromatic N) is 3. The first kappa shape index (κ1) is 21.1. The summed E-state index contributed by atoms with van der Waals surface area (Å²) in [6.07, 6.45) is 2.94. The summed E-state index contributed by atoms with van der Waals surface area (Å²) in [6.45, 7) is 0.417. The zero-order chi connectivity index (χ0) is 22.0. The number of carbonyl (C=O) groups excluding carboxylic acids is 1. The van der Waals surface area contributed by atoms with Crippen molar-refractivity contribution in [2.75, 3.05) is 20.2 Å². The van der Waals surface area contributed by atoms with E-state index < -0.39 is 10.0 Å². The van der Waals surface area contributed by atoms with Gasteiger partial charge >= 0.3 is 0 Å². The fourth-order valence-corrected chi connectivity index (χ4v) is 5.28. The van der Waals surface area contributed by atoms with Crippen LogP contribution in [-0.4, -0.2) is 54.4 Å². The molecular formula is C22H24N4O4S. The molecule has 0 radical (unpaired) electrons. The molecule has 2 atom stereocenters. The average Bonchev–Trinajstić information content (AvgIpc) is 3.41. The summed E-state index contributed by atoms with van der Waals surface area (Å²) in [7, 11) is -0.509. The van der Waals surface area contributed by atoms with Crippen LogP contribution in [-0.2, 0) is 17.1 Å². The Hall–Kier alpha value is -3.17. The van der Waals surface area contributed by atoms with E-state index in [2.05, 4.69) is 10.3 Å². The van der Waals surface area contributed by atoms with Crippen LogP contribution in [0.5, 0.6) is 5.75 Å². The van der Waals surface area contributed by atoms with Gasteiger partial charge in [-0.05, 0) is 23.8 Å². The Bertz CT molecular complexity index is 1180. The van der Waals surface area contributed by atoms with Crippen molar-refractivity contribution >= 4 is 15.9 Å². The normalized spacial score (nSPS) is 19.3. The van der Waals surface area contributed by atoms with E-state index in [0.29, 0.717) is 11.3 Å². The predicted molar refractivity (Wildman–Crippen MR) is 115 cm³/mol. The van der Waals surface area contributed by atoms with E-state index in [9.17, 15) is 13.2 Å². The van der Waals surface area contributed by atoms with Gasteiger partial charge < -0.3 is 14.6 Å². The average molecular weight is 441 g/mol. The van der Waals surface area contributed by atoms with Crippen molar-refractivity contribution in [2.45, 2.75) is 17.0 Å². The second kappa shape index (κ2) is 8.52.